The van der Waals surface area contributed by atoms with Crippen LogP contribution in [-0.2, 0) is 16.3 Å². The summed E-state index contributed by atoms with van der Waals surface area (Å²) in [5.74, 6) is 0.602. The van der Waals surface area contributed by atoms with Crippen molar-refractivity contribution in [2.75, 3.05) is 25.2 Å². The van der Waals surface area contributed by atoms with Crippen LogP contribution >= 0.6 is 0 Å². The molecule has 0 fully saturated rings. The summed E-state index contributed by atoms with van der Waals surface area (Å²) in [4.78, 5) is 0.321. The Morgan fingerprint density at radius 2 is 2.13 bits per heavy atom. The molecule has 1 heterocycles. The Morgan fingerprint density at radius 1 is 1.40 bits per heavy atom. The molecule has 1 aliphatic rings. The van der Waals surface area contributed by atoms with Crippen LogP contribution in [0.3, 0.4) is 0 Å². The van der Waals surface area contributed by atoms with Crippen LogP contribution in [0, 0.1) is 0 Å². The number of anilines is 1. The van der Waals surface area contributed by atoms with E-state index in [2.05, 4.69) is 5.32 Å². The van der Waals surface area contributed by atoms with Crippen LogP contribution in [-0.4, -0.2) is 28.3 Å². The summed E-state index contributed by atoms with van der Waals surface area (Å²) >= 11 is 0. The zero-order valence-electron chi connectivity index (χ0n) is 8.70. The molecule has 1 aliphatic heterocycles. The van der Waals surface area contributed by atoms with E-state index in [1.807, 2.05) is 0 Å². The quantitative estimate of drug-likeness (QED) is 0.821. The Labute approximate surface area is 89.2 Å². The smallest absolute Gasteiger partial charge is 0.175 e. The second-order valence-electron chi connectivity index (χ2n) is 3.61. The lowest BCUT2D eigenvalue weighted by atomic mass is 10.1. The third kappa shape index (κ3) is 1.79. The fourth-order valence-electron chi connectivity index (χ4n) is 1.74. The summed E-state index contributed by atoms with van der Waals surface area (Å²) in [5.41, 5.74) is 1.93. The molecule has 82 valence electrons. The van der Waals surface area contributed by atoms with E-state index in [4.69, 9.17) is 4.74 Å². The molecule has 1 aromatic rings. The first-order chi connectivity index (χ1) is 7.02. The summed E-state index contributed by atoms with van der Waals surface area (Å²) in [5, 5.41) is 3.18. The number of methoxy groups -OCH3 is 1. The average molecular weight is 227 g/mol. The summed E-state index contributed by atoms with van der Waals surface area (Å²) in [6.07, 6.45) is 2.05. The number of rotatable bonds is 2. The van der Waals surface area contributed by atoms with Gasteiger partial charge >= 0.3 is 0 Å². The van der Waals surface area contributed by atoms with Gasteiger partial charge in [-0.3, -0.25) is 0 Å². The maximum Gasteiger partial charge on any atom is 0.175 e. The zero-order valence-corrected chi connectivity index (χ0v) is 9.52. The minimum Gasteiger partial charge on any atom is -0.495 e. The fraction of sp³-hybridized carbons (Fsp3) is 0.400. The Hall–Kier alpha value is -1.23. The summed E-state index contributed by atoms with van der Waals surface area (Å²) in [7, 11) is -1.62. The van der Waals surface area contributed by atoms with Gasteiger partial charge in [0.25, 0.3) is 0 Å². The molecule has 15 heavy (non-hydrogen) atoms. The van der Waals surface area contributed by atoms with E-state index in [1.165, 1.54) is 6.26 Å². The van der Waals surface area contributed by atoms with Gasteiger partial charge in [-0.1, -0.05) is 0 Å². The minimum absolute atomic E-state index is 0.321. The van der Waals surface area contributed by atoms with Gasteiger partial charge in [0.15, 0.2) is 9.84 Å². The average Bonchev–Trinajstić information content (AvgIpc) is 2.62. The predicted octanol–water partition coefficient (Wildman–Crippen LogP) is 1.07. The Morgan fingerprint density at radius 3 is 2.73 bits per heavy atom. The maximum absolute atomic E-state index is 11.4. The van der Waals surface area contributed by atoms with Crippen molar-refractivity contribution in [3.05, 3.63) is 17.7 Å². The van der Waals surface area contributed by atoms with Crippen molar-refractivity contribution in [1.82, 2.24) is 0 Å². The molecule has 0 aliphatic carbocycles. The molecular formula is C10H13NO3S. The Bertz CT molecular complexity index is 494. The Kier molecular flexibility index (Phi) is 2.34. The number of hydrogen-bond acceptors (Lipinski definition) is 4. The van der Waals surface area contributed by atoms with E-state index in [0.29, 0.717) is 10.6 Å². The van der Waals surface area contributed by atoms with Crippen LogP contribution in [0.25, 0.3) is 0 Å². The van der Waals surface area contributed by atoms with Crippen LogP contribution < -0.4 is 10.1 Å². The number of ether oxygens (including phenoxy) is 1. The van der Waals surface area contributed by atoms with Crippen molar-refractivity contribution in [2.24, 2.45) is 0 Å². The first-order valence-electron chi connectivity index (χ1n) is 4.67. The zero-order chi connectivity index (χ0) is 11.1. The van der Waals surface area contributed by atoms with Crippen LogP contribution in [0.4, 0.5) is 5.69 Å². The summed E-state index contributed by atoms with van der Waals surface area (Å²) < 4.78 is 28.0. The topological polar surface area (TPSA) is 55.4 Å². The standard InChI is InChI=1S/C10H13NO3S/c1-14-9-6-8(15(2,12)13)5-7-3-4-11-10(7)9/h5-6,11H,3-4H2,1-2H3. The summed E-state index contributed by atoms with van der Waals surface area (Å²) in [6, 6.07) is 3.28. The van der Waals surface area contributed by atoms with E-state index in [9.17, 15) is 8.42 Å². The van der Waals surface area contributed by atoms with Gasteiger partial charge in [0, 0.05) is 18.9 Å². The SMILES string of the molecule is COc1cc(S(C)(=O)=O)cc2c1NCC2. The molecule has 0 spiro atoms. The molecule has 0 saturated heterocycles. The van der Waals surface area contributed by atoms with Crippen molar-refractivity contribution in [3.63, 3.8) is 0 Å². The molecule has 1 aromatic carbocycles. The van der Waals surface area contributed by atoms with Crippen molar-refractivity contribution < 1.29 is 13.2 Å². The molecule has 0 aromatic heterocycles. The highest BCUT2D eigenvalue weighted by atomic mass is 32.2. The predicted molar refractivity (Wildman–Crippen MR) is 58.3 cm³/mol. The highest BCUT2D eigenvalue weighted by Crippen LogP contribution is 2.35. The largest absolute Gasteiger partial charge is 0.495 e. The number of benzene rings is 1. The lowest BCUT2D eigenvalue weighted by molar-refractivity contribution is 0.415. The summed E-state index contributed by atoms with van der Waals surface area (Å²) in [6.45, 7) is 0.832. The molecule has 0 bridgehead atoms. The van der Waals surface area contributed by atoms with Crippen molar-refractivity contribution in [3.8, 4) is 5.75 Å². The fourth-order valence-corrected chi connectivity index (χ4v) is 2.42. The maximum atomic E-state index is 11.4. The highest BCUT2D eigenvalue weighted by Gasteiger charge is 2.19. The molecule has 0 radical (unpaired) electrons. The molecule has 4 nitrogen and oxygen atoms in total. The number of hydrogen-bond donors (Lipinski definition) is 1. The van der Waals surface area contributed by atoms with Gasteiger partial charge in [-0.25, -0.2) is 8.42 Å². The molecule has 5 heteroatoms. The van der Waals surface area contributed by atoms with Gasteiger partial charge in [-0.15, -0.1) is 0 Å². The van der Waals surface area contributed by atoms with Crippen molar-refractivity contribution in [2.45, 2.75) is 11.3 Å². The lowest BCUT2D eigenvalue weighted by Gasteiger charge is -2.09. The first-order valence-corrected chi connectivity index (χ1v) is 6.56. The normalized spacial score (nSPS) is 14.5. The van der Waals surface area contributed by atoms with Crippen LogP contribution in [0.2, 0.25) is 0 Å². The van der Waals surface area contributed by atoms with Gasteiger partial charge in [-0.05, 0) is 18.1 Å². The van der Waals surface area contributed by atoms with Crippen LogP contribution in [0.15, 0.2) is 17.0 Å². The van der Waals surface area contributed by atoms with Gasteiger partial charge in [-0.2, -0.15) is 0 Å². The van der Waals surface area contributed by atoms with E-state index < -0.39 is 9.84 Å². The molecule has 0 amide bonds. The van der Waals surface area contributed by atoms with Crippen LogP contribution in [0.5, 0.6) is 5.75 Å². The molecule has 0 atom stereocenters. The second kappa shape index (κ2) is 3.41. The van der Waals surface area contributed by atoms with Crippen molar-refractivity contribution in [1.29, 1.82) is 0 Å². The van der Waals surface area contributed by atoms with E-state index in [0.717, 1.165) is 24.2 Å². The monoisotopic (exact) mass is 227 g/mol. The van der Waals surface area contributed by atoms with E-state index >= 15 is 0 Å². The third-order valence-electron chi connectivity index (χ3n) is 2.50. The van der Waals surface area contributed by atoms with E-state index in [1.54, 1.807) is 19.2 Å². The molecule has 0 unspecified atom stereocenters. The van der Waals surface area contributed by atoms with Gasteiger partial charge in [0.05, 0.1) is 17.7 Å². The van der Waals surface area contributed by atoms with Gasteiger partial charge in [0.1, 0.15) is 5.75 Å². The van der Waals surface area contributed by atoms with Crippen molar-refractivity contribution >= 4 is 15.5 Å². The second-order valence-corrected chi connectivity index (χ2v) is 5.62. The minimum atomic E-state index is -3.16. The Balaban J connectivity index is 2.63. The lowest BCUT2D eigenvalue weighted by Crippen LogP contribution is -2.00. The highest BCUT2D eigenvalue weighted by molar-refractivity contribution is 7.90. The number of fused-ring (bicyclic) bond motifs is 1. The third-order valence-corrected chi connectivity index (χ3v) is 3.59. The molecule has 0 saturated carbocycles. The van der Waals surface area contributed by atoms with Crippen LogP contribution in [0.1, 0.15) is 5.56 Å². The number of nitrogens with one attached hydrogen (secondary N) is 1. The molecule has 1 N–H and O–H groups in total. The number of sulfone groups is 1. The molecular weight excluding hydrogens is 214 g/mol. The van der Waals surface area contributed by atoms with E-state index in [-0.39, 0.29) is 0 Å². The van der Waals surface area contributed by atoms with Gasteiger partial charge in [0.2, 0.25) is 0 Å². The first kappa shape index (κ1) is 10.3. The van der Waals surface area contributed by atoms with Gasteiger partial charge < -0.3 is 10.1 Å². The molecule has 2 rings (SSSR count).